The number of esters is 1. The van der Waals surface area contributed by atoms with Gasteiger partial charge in [-0.15, -0.1) is 23.5 Å². The minimum Gasteiger partial charge on any atom is -0.493 e. The molecule has 0 amide bonds. The number of hydrogen-bond donors (Lipinski definition) is 0. The van der Waals surface area contributed by atoms with Crippen molar-refractivity contribution in [1.82, 2.24) is 0 Å². The maximum atomic E-state index is 12.3. The lowest BCUT2D eigenvalue weighted by molar-refractivity contribution is 0.0474. The molecule has 142 valence electrons. The number of thioether (sulfide) groups is 2. The normalized spacial score (nSPS) is 14.0. The molecule has 1 aliphatic rings. The number of carbonyl (C=O) groups excluding carboxylic acids is 2. The van der Waals surface area contributed by atoms with Crippen molar-refractivity contribution in [3.05, 3.63) is 59.2 Å². The van der Waals surface area contributed by atoms with Gasteiger partial charge in [0, 0.05) is 17.1 Å². The topological polar surface area (TPSA) is 61.8 Å². The summed E-state index contributed by atoms with van der Waals surface area (Å²) >= 11 is 3.82. The molecule has 7 heteroatoms. The minimum atomic E-state index is -0.512. The SMILES string of the molecule is COc1ccc(C(=O)COC(=O)c2ccc(C3SCCS3)cc2)cc1OC. The van der Waals surface area contributed by atoms with E-state index in [1.54, 1.807) is 30.3 Å². The summed E-state index contributed by atoms with van der Waals surface area (Å²) in [7, 11) is 3.02. The van der Waals surface area contributed by atoms with Crippen LogP contribution in [0.2, 0.25) is 0 Å². The molecular weight excluding hydrogens is 384 g/mol. The Kier molecular flexibility index (Phi) is 6.68. The number of ether oxygens (including phenoxy) is 3. The van der Waals surface area contributed by atoms with E-state index in [4.69, 9.17) is 14.2 Å². The van der Waals surface area contributed by atoms with Crippen molar-refractivity contribution in [2.75, 3.05) is 32.3 Å². The standard InChI is InChI=1S/C20H20O5S2/c1-23-17-8-7-15(11-18(17)24-2)16(21)12-25-19(22)13-3-5-14(6-4-13)20-26-9-10-27-20/h3-8,11,20H,9-10,12H2,1-2H3. The Balaban J connectivity index is 1.59. The fourth-order valence-electron chi connectivity index (χ4n) is 2.63. The third kappa shape index (κ3) is 4.78. The summed E-state index contributed by atoms with van der Waals surface area (Å²) in [6, 6.07) is 12.2. The number of benzene rings is 2. The van der Waals surface area contributed by atoms with Gasteiger partial charge in [0.2, 0.25) is 0 Å². The lowest BCUT2D eigenvalue weighted by atomic mass is 10.1. The zero-order chi connectivity index (χ0) is 19.2. The van der Waals surface area contributed by atoms with Crippen LogP contribution in [0.3, 0.4) is 0 Å². The van der Waals surface area contributed by atoms with Crippen LogP contribution in [0.5, 0.6) is 11.5 Å². The molecule has 5 nitrogen and oxygen atoms in total. The number of hydrogen-bond acceptors (Lipinski definition) is 7. The lowest BCUT2D eigenvalue weighted by Crippen LogP contribution is -2.14. The van der Waals surface area contributed by atoms with E-state index in [0.29, 0.717) is 27.2 Å². The smallest absolute Gasteiger partial charge is 0.338 e. The maximum absolute atomic E-state index is 12.3. The largest absolute Gasteiger partial charge is 0.493 e. The highest BCUT2D eigenvalue weighted by Gasteiger charge is 2.19. The molecular formula is C20H20O5S2. The van der Waals surface area contributed by atoms with Crippen molar-refractivity contribution in [2.45, 2.75) is 4.58 Å². The van der Waals surface area contributed by atoms with Gasteiger partial charge in [-0.05, 0) is 35.9 Å². The summed E-state index contributed by atoms with van der Waals surface area (Å²) in [4.78, 5) is 24.5. The zero-order valence-electron chi connectivity index (χ0n) is 15.1. The average Bonchev–Trinajstić information content (AvgIpc) is 3.26. The highest BCUT2D eigenvalue weighted by molar-refractivity contribution is 8.19. The van der Waals surface area contributed by atoms with Gasteiger partial charge in [0.15, 0.2) is 23.9 Å². The van der Waals surface area contributed by atoms with E-state index in [2.05, 4.69) is 0 Å². The lowest BCUT2D eigenvalue weighted by Gasteiger charge is -2.10. The van der Waals surface area contributed by atoms with Crippen LogP contribution in [0.1, 0.15) is 30.9 Å². The maximum Gasteiger partial charge on any atom is 0.338 e. The number of methoxy groups -OCH3 is 2. The molecule has 0 atom stereocenters. The van der Waals surface area contributed by atoms with Gasteiger partial charge in [-0.25, -0.2) is 4.79 Å². The summed E-state index contributed by atoms with van der Waals surface area (Å²) in [5, 5.41) is 0. The molecule has 2 aromatic rings. The second kappa shape index (κ2) is 9.19. The second-order valence-electron chi connectivity index (χ2n) is 5.76. The van der Waals surface area contributed by atoms with Gasteiger partial charge >= 0.3 is 5.97 Å². The fourth-order valence-corrected chi connectivity index (χ4v) is 5.49. The number of ketones is 1. The molecule has 1 saturated heterocycles. The van der Waals surface area contributed by atoms with Crippen LogP contribution in [-0.4, -0.2) is 44.1 Å². The van der Waals surface area contributed by atoms with Crippen LogP contribution in [0, 0.1) is 0 Å². The van der Waals surface area contributed by atoms with E-state index in [1.807, 2.05) is 35.7 Å². The Morgan fingerprint density at radius 1 is 0.926 bits per heavy atom. The molecule has 3 rings (SSSR count). The second-order valence-corrected chi connectivity index (χ2v) is 8.49. The summed E-state index contributed by atoms with van der Waals surface area (Å²) in [6.07, 6.45) is 0. The summed E-state index contributed by atoms with van der Waals surface area (Å²) < 4.78 is 15.9. The van der Waals surface area contributed by atoms with Crippen LogP contribution in [-0.2, 0) is 4.74 Å². The van der Waals surface area contributed by atoms with Gasteiger partial charge in [-0.2, -0.15) is 0 Å². The van der Waals surface area contributed by atoms with Gasteiger partial charge in [0.05, 0.1) is 24.4 Å². The van der Waals surface area contributed by atoms with Crippen molar-refractivity contribution >= 4 is 35.3 Å². The third-order valence-corrected chi connectivity index (χ3v) is 7.18. The molecule has 1 heterocycles. The van der Waals surface area contributed by atoms with Crippen molar-refractivity contribution in [3.63, 3.8) is 0 Å². The minimum absolute atomic E-state index is 0.306. The Morgan fingerprint density at radius 2 is 1.56 bits per heavy atom. The number of carbonyl (C=O) groups is 2. The molecule has 1 fully saturated rings. The Hall–Kier alpha value is -2.12. The monoisotopic (exact) mass is 404 g/mol. The van der Waals surface area contributed by atoms with E-state index < -0.39 is 5.97 Å². The first kappa shape index (κ1) is 19.6. The van der Waals surface area contributed by atoms with Crippen LogP contribution >= 0.6 is 23.5 Å². The molecule has 0 saturated carbocycles. The summed E-state index contributed by atoms with van der Waals surface area (Å²) in [6.45, 7) is -0.329. The highest BCUT2D eigenvalue weighted by atomic mass is 32.2. The van der Waals surface area contributed by atoms with Crippen LogP contribution in [0.15, 0.2) is 42.5 Å². The van der Waals surface area contributed by atoms with Crippen molar-refractivity contribution in [3.8, 4) is 11.5 Å². The van der Waals surface area contributed by atoms with Gasteiger partial charge in [0.1, 0.15) is 0 Å². The Morgan fingerprint density at radius 3 is 2.19 bits per heavy atom. The summed E-state index contributed by atoms with van der Waals surface area (Å²) in [5.74, 6) is 2.47. The van der Waals surface area contributed by atoms with Gasteiger partial charge in [-0.3, -0.25) is 4.79 Å². The van der Waals surface area contributed by atoms with E-state index in [9.17, 15) is 9.59 Å². The van der Waals surface area contributed by atoms with Crippen LogP contribution < -0.4 is 9.47 Å². The number of rotatable bonds is 7. The van der Waals surface area contributed by atoms with Crippen LogP contribution in [0.4, 0.5) is 0 Å². The Labute approximate surface area is 166 Å². The van der Waals surface area contributed by atoms with Crippen molar-refractivity contribution < 1.29 is 23.8 Å². The Bertz CT molecular complexity index is 814. The molecule has 0 radical (unpaired) electrons. The first-order valence-corrected chi connectivity index (χ1v) is 10.5. The van der Waals surface area contributed by atoms with Crippen molar-refractivity contribution in [1.29, 1.82) is 0 Å². The molecule has 2 aromatic carbocycles. The zero-order valence-corrected chi connectivity index (χ0v) is 16.7. The highest BCUT2D eigenvalue weighted by Crippen LogP contribution is 2.45. The van der Waals surface area contributed by atoms with Gasteiger partial charge < -0.3 is 14.2 Å². The molecule has 0 N–H and O–H groups in total. The molecule has 0 bridgehead atoms. The number of Topliss-reactive ketones (excluding diaryl/α,β-unsaturated/α-hetero) is 1. The average molecular weight is 405 g/mol. The van der Waals surface area contributed by atoms with E-state index in [1.165, 1.54) is 19.8 Å². The molecule has 0 unspecified atom stereocenters. The van der Waals surface area contributed by atoms with Crippen molar-refractivity contribution in [2.24, 2.45) is 0 Å². The fraction of sp³-hybridized carbons (Fsp3) is 0.300. The predicted molar refractivity (Wildman–Crippen MR) is 108 cm³/mol. The molecule has 27 heavy (non-hydrogen) atoms. The first-order valence-electron chi connectivity index (χ1n) is 8.38. The quantitative estimate of drug-likeness (QED) is 0.506. The molecule has 0 aromatic heterocycles. The molecule has 0 aliphatic carbocycles. The van der Waals surface area contributed by atoms with Gasteiger partial charge in [-0.1, -0.05) is 12.1 Å². The molecule has 0 spiro atoms. The van der Waals surface area contributed by atoms with E-state index in [-0.39, 0.29) is 12.4 Å². The third-order valence-electron chi connectivity index (χ3n) is 4.08. The van der Waals surface area contributed by atoms with Crippen LogP contribution in [0.25, 0.3) is 0 Å². The predicted octanol–water partition coefficient (Wildman–Crippen LogP) is 4.22. The van der Waals surface area contributed by atoms with Gasteiger partial charge in [0.25, 0.3) is 0 Å². The molecule has 1 aliphatic heterocycles. The first-order chi connectivity index (χ1) is 13.1. The van der Waals surface area contributed by atoms with E-state index >= 15 is 0 Å². The van der Waals surface area contributed by atoms with E-state index in [0.717, 1.165) is 11.5 Å². The summed E-state index contributed by atoms with van der Waals surface area (Å²) in [5.41, 5.74) is 2.03.